The zero-order valence-corrected chi connectivity index (χ0v) is 11.0. The van der Waals surface area contributed by atoms with Crippen molar-refractivity contribution in [2.75, 3.05) is 24.4 Å². The van der Waals surface area contributed by atoms with Crippen LogP contribution in [-0.2, 0) is 16.4 Å². The molecule has 0 spiro atoms. The molecule has 0 fully saturated rings. The number of hydrogen-bond donors (Lipinski definition) is 2. The number of hydrogen-bond acceptors (Lipinski definition) is 4. The molecule has 17 heavy (non-hydrogen) atoms. The van der Waals surface area contributed by atoms with Gasteiger partial charge in [-0.2, -0.15) is 0 Å². The van der Waals surface area contributed by atoms with Gasteiger partial charge in [-0.3, -0.25) is 0 Å². The molecule has 0 bridgehead atoms. The number of nitrogens with one attached hydrogen (secondary N) is 1. The fourth-order valence-electron chi connectivity index (χ4n) is 1.40. The second-order valence-corrected chi connectivity index (χ2v) is 5.71. The van der Waals surface area contributed by atoms with E-state index in [4.69, 9.17) is 5.84 Å². The van der Waals surface area contributed by atoms with Gasteiger partial charge in [-0.1, -0.05) is 19.1 Å². The molecule has 6 heteroatoms. The van der Waals surface area contributed by atoms with Crippen molar-refractivity contribution in [3.63, 3.8) is 0 Å². The number of rotatable bonds is 6. The highest BCUT2D eigenvalue weighted by atomic mass is 32.2. The van der Waals surface area contributed by atoms with Gasteiger partial charge in [-0.25, -0.2) is 19.0 Å². The van der Waals surface area contributed by atoms with Gasteiger partial charge in [0.25, 0.3) is 0 Å². The third-order valence-corrected chi connectivity index (χ3v) is 3.12. The molecule has 0 radical (unpaired) electrons. The predicted octanol–water partition coefficient (Wildman–Crippen LogP) is 0.478. The van der Waals surface area contributed by atoms with E-state index in [1.807, 2.05) is 24.3 Å². The summed E-state index contributed by atoms with van der Waals surface area (Å²) < 4.78 is 24.1. The van der Waals surface area contributed by atoms with Gasteiger partial charge in [0, 0.05) is 13.1 Å². The first kappa shape index (κ1) is 14.0. The Morgan fingerprint density at radius 2 is 1.88 bits per heavy atom. The van der Waals surface area contributed by atoms with Gasteiger partial charge in [0.2, 0.25) is 10.0 Å². The second-order valence-electron chi connectivity index (χ2n) is 3.88. The van der Waals surface area contributed by atoms with Crippen molar-refractivity contribution in [2.24, 2.45) is 5.84 Å². The molecule has 0 heterocycles. The van der Waals surface area contributed by atoms with Crippen LogP contribution in [0.2, 0.25) is 0 Å². The van der Waals surface area contributed by atoms with Crippen LogP contribution in [0.25, 0.3) is 0 Å². The van der Waals surface area contributed by atoms with E-state index in [0.717, 1.165) is 18.4 Å². The number of aryl methyl sites for hydroxylation is 1. The van der Waals surface area contributed by atoms with Crippen LogP contribution < -0.4 is 15.6 Å². The lowest BCUT2D eigenvalue weighted by molar-refractivity contribution is 0.587. The van der Waals surface area contributed by atoms with Gasteiger partial charge < -0.3 is 5.01 Å². The van der Waals surface area contributed by atoms with Gasteiger partial charge in [-0.15, -0.1) is 0 Å². The normalized spacial score (nSPS) is 11.5. The fourth-order valence-corrected chi connectivity index (χ4v) is 1.87. The molecule has 0 aliphatic rings. The molecule has 1 aromatic rings. The molecule has 0 saturated carbocycles. The third-order valence-electron chi connectivity index (χ3n) is 2.39. The summed E-state index contributed by atoms with van der Waals surface area (Å²) in [5, 5.41) is 1.53. The molecule has 0 aliphatic carbocycles. The molecule has 0 atom stereocenters. The van der Waals surface area contributed by atoms with Gasteiger partial charge in [-0.05, 0) is 24.1 Å². The first-order valence-corrected chi connectivity index (χ1v) is 7.37. The summed E-state index contributed by atoms with van der Waals surface area (Å²) in [5.41, 5.74) is 2.12. The van der Waals surface area contributed by atoms with E-state index in [1.165, 1.54) is 10.6 Å². The minimum atomic E-state index is -3.14. The van der Waals surface area contributed by atoms with Crippen molar-refractivity contribution in [1.29, 1.82) is 0 Å². The average Bonchev–Trinajstić information content (AvgIpc) is 2.27. The molecule has 0 amide bonds. The Kier molecular flexibility index (Phi) is 4.92. The van der Waals surface area contributed by atoms with Gasteiger partial charge in [0.1, 0.15) is 0 Å². The lowest BCUT2D eigenvalue weighted by atomic mass is 10.1. The van der Waals surface area contributed by atoms with Crippen molar-refractivity contribution in [3.8, 4) is 0 Å². The molecule has 0 aromatic heterocycles. The fraction of sp³-hybridized carbons (Fsp3) is 0.455. The van der Waals surface area contributed by atoms with E-state index in [-0.39, 0.29) is 0 Å². The monoisotopic (exact) mass is 257 g/mol. The molecule has 3 N–H and O–H groups in total. The maximum atomic E-state index is 10.9. The quantitative estimate of drug-likeness (QED) is 0.574. The molecule has 96 valence electrons. The summed E-state index contributed by atoms with van der Waals surface area (Å²) in [7, 11) is -3.14. The maximum absolute atomic E-state index is 10.9. The van der Waals surface area contributed by atoms with E-state index in [1.54, 1.807) is 0 Å². The van der Waals surface area contributed by atoms with Crippen LogP contribution in [-0.4, -0.2) is 27.8 Å². The molecule has 5 nitrogen and oxygen atoms in total. The molecule has 0 saturated heterocycles. The summed E-state index contributed by atoms with van der Waals surface area (Å²) in [4.78, 5) is 0. The minimum Gasteiger partial charge on any atom is -0.310 e. The van der Waals surface area contributed by atoms with Crippen LogP contribution in [0.3, 0.4) is 0 Å². The zero-order valence-electron chi connectivity index (χ0n) is 10.2. The van der Waals surface area contributed by atoms with Gasteiger partial charge in [0.05, 0.1) is 11.9 Å². The summed E-state index contributed by atoms with van der Waals surface area (Å²) in [6, 6.07) is 7.89. The van der Waals surface area contributed by atoms with Crippen LogP contribution in [0.15, 0.2) is 24.3 Å². The highest BCUT2D eigenvalue weighted by molar-refractivity contribution is 7.88. The third kappa shape index (κ3) is 5.16. The molecular weight excluding hydrogens is 238 g/mol. The van der Waals surface area contributed by atoms with Crippen LogP contribution in [0.1, 0.15) is 12.5 Å². The number of hydrazine groups is 1. The molecule has 0 unspecified atom stereocenters. The largest absolute Gasteiger partial charge is 0.310 e. The average molecular weight is 257 g/mol. The number of anilines is 1. The Morgan fingerprint density at radius 3 is 2.35 bits per heavy atom. The minimum absolute atomic E-state index is 0.296. The second kappa shape index (κ2) is 6.00. The first-order chi connectivity index (χ1) is 7.92. The van der Waals surface area contributed by atoms with Crippen molar-refractivity contribution in [1.82, 2.24) is 4.72 Å². The predicted molar refractivity (Wildman–Crippen MR) is 70.2 cm³/mol. The highest BCUT2D eigenvalue weighted by Crippen LogP contribution is 2.12. The van der Waals surface area contributed by atoms with Crippen molar-refractivity contribution >= 4 is 15.7 Å². The first-order valence-electron chi connectivity index (χ1n) is 5.48. The van der Waals surface area contributed by atoms with Crippen molar-refractivity contribution in [3.05, 3.63) is 29.8 Å². The topological polar surface area (TPSA) is 75.4 Å². The van der Waals surface area contributed by atoms with Crippen molar-refractivity contribution < 1.29 is 8.42 Å². The van der Waals surface area contributed by atoms with Crippen LogP contribution in [0.5, 0.6) is 0 Å². The summed E-state index contributed by atoms with van der Waals surface area (Å²) in [6.45, 7) is 2.81. The van der Waals surface area contributed by atoms with Gasteiger partial charge >= 0.3 is 0 Å². The number of nitrogens with zero attached hydrogens (tertiary/aromatic N) is 1. The van der Waals surface area contributed by atoms with Crippen LogP contribution >= 0.6 is 0 Å². The molecule has 1 aromatic carbocycles. The number of nitrogens with two attached hydrogens (primary N) is 1. The van der Waals surface area contributed by atoms with Crippen molar-refractivity contribution in [2.45, 2.75) is 13.3 Å². The smallest absolute Gasteiger partial charge is 0.208 e. The molecular formula is C11H19N3O2S. The standard InChI is InChI=1S/C11H19N3O2S/c1-3-10-4-6-11(7-5-10)14(12)9-8-13-17(2,15)16/h4-7,13H,3,8-9,12H2,1-2H3. The maximum Gasteiger partial charge on any atom is 0.208 e. The van der Waals surface area contributed by atoms with E-state index < -0.39 is 10.0 Å². The summed E-state index contributed by atoms with van der Waals surface area (Å²) >= 11 is 0. The van der Waals surface area contributed by atoms with Gasteiger partial charge in [0.15, 0.2) is 0 Å². The number of sulfonamides is 1. The summed E-state index contributed by atoms with van der Waals surface area (Å²) in [6.07, 6.45) is 2.12. The van der Waals surface area contributed by atoms with Crippen LogP contribution in [0.4, 0.5) is 5.69 Å². The summed E-state index contributed by atoms with van der Waals surface area (Å²) in [5.74, 6) is 5.81. The molecule has 0 aliphatic heterocycles. The molecule has 1 rings (SSSR count). The Morgan fingerprint density at radius 1 is 1.29 bits per heavy atom. The van der Waals surface area contributed by atoms with E-state index in [2.05, 4.69) is 11.6 Å². The number of benzene rings is 1. The lowest BCUT2D eigenvalue weighted by Crippen LogP contribution is -2.38. The van der Waals surface area contributed by atoms with E-state index in [0.29, 0.717) is 13.1 Å². The Hall–Kier alpha value is -1.11. The Labute approximate surface area is 103 Å². The van der Waals surface area contributed by atoms with E-state index >= 15 is 0 Å². The lowest BCUT2D eigenvalue weighted by Gasteiger charge is -2.18. The zero-order chi connectivity index (χ0) is 12.9. The van der Waals surface area contributed by atoms with E-state index in [9.17, 15) is 8.42 Å². The van der Waals surface area contributed by atoms with Crippen LogP contribution in [0, 0.1) is 0 Å². The Bertz CT molecular complexity index is 442. The Balaban J connectivity index is 2.49. The highest BCUT2D eigenvalue weighted by Gasteiger charge is 2.03. The SMILES string of the molecule is CCc1ccc(N(N)CCNS(C)(=O)=O)cc1.